The van der Waals surface area contributed by atoms with Gasteiger partial charge in [-0.3, -0.25) is 4.79 Å². The number of halogens is 3. The number of hydrogen-bond acceptors (Lipinski definition) is 2. The third-order valence-electron chi connectivity index (χ3n) is 4.87. The number of benzene rings is 1. The normalized spacial score (nSPS) is 22.3. The van der Waals surface area contributed by atoms with Gasteiger partial charge in [0, 0.05) is 25.0 Å². The summed E-state index contributed by atoms with van der Waals surface area (Å²) in [6.07, 6.45) is -3.14. The molecule has 0 aliphatic carbocycles. The van der Waals surface area contributed by atoms with Crippen LogP contribution in [0, 0.1) is 11.3 Å². The highest BCUT2D eigenvalue weighted by molar-refractivity contribution is 5.79. The fourth-order valence-corrected chi connectivity index (χ4v) is 3.14. The van der Waals surface area contributed by atoms with E-state index in [9.17, 15) is 18.0 Å². The fourth-order valence-electron chi connectivity index (χ4n) is 3.14. The van der Waals surface area contributed by atoms with Gasteiger partial charge in [0.1, 0.15) is 0 Å². The van der Waals surface area contributed by atoms with Gasteiger partial charge in [-0.05, 0) is 36.0 Å². The smallest absolute Gasteiger partial charge is 0.342 e. The zero-order valence-electron chi connectivity index (χ0n) is 14.4. The lowest BCUT2D eigenvalue weighted by Gasteiger charge is -2.43. The summed E-state index contributed by atoms with van der Waals surface area (Å²) >= 11 is 0. The molecule has 0 spiro atoms. The monoisotopic (exact) mass is 342 g/mol. The van der Waals surface area contributed by atoms with E-state index in [1.54, 1.807) is 0 Å². The third-order valence-corrected chi connectivity index (χ3v) is 4.87. The minimum absolute atomic E-state index is 0.0369. The number of alkyl halides is 3. The Morgan fingerprint density at radius 3 is 2.42 bits per heavy atom. The molecule has 2 rings (SSSR count). The van der Waals surface area contributed by atoms with Crippen molar-refractivity contribution < 1.29 is 18.0 Å². The van der Waals surface area contributed by atoms with Crippen LogP contribution in [0.15, 0.2) is 24.3 Å². The zero-order valence-corrected chi connectivity index (χ0v) is 14.4. The van der Waals surface area contributed by atoms with Crippen LogP contribution >= 0.6 is 0 Å². The van der Waals surface area contributed by atoms with E-state index in [2.05, 4.69) is 13.8 Å². The second kappa shape index (κ2) is 6.75. The Kier molecular flexibility index (Phi) is 5.28. The highest BCUT2D eigenvalue weighted by atomic mass is 19.4. The van der Waals surface area contributed by atoms with Gasteiger partial charge in [0.25, 0.3) is 0 Å². The summed E-state index contributed by atoms with van der Waals surface area (Å²) in [4.78, 5) is 14.5. The summed E-state index contributed by atoms with van der Waals surface area (Å²) in [5.41, 5.74) is 6.03. The molecule has 0 aromatic heterocycles. The van der Waals surface area contributed by atoms with Crippen LogP contribution in [0.4, 0.5) is 13.2 Å². The number of likely N-dealkylation sites (tertiary alicyclic amines) is 1. The number of carbonyl (C=O) groups excluding carboxylic acids is 1. The average Bonchev–Trinajstić information content (AvgIpc) is 2.48. The molecule has 0 radical (unpaired) electrons. The standard InChI is InChI=1S/C18H25F3N2O/c1-12(10-13-4-6-14(7-5-13)18(19,20)21)16(24)23-9-8-15(22)17(2,3)11-23/h4-7,12,15H,8-11,22H2,1-3H3. The summed E-state index contributed by atoms with van der Waals surface area (Å²) in [6.45, 7) is 7.18. The van der Waals surface area contributed by atoms with Gasteiger partial charge in [-0.15, -0.1) is 0 Å². The summed E-state index contributed by atoms with van der Waals surface area (Å²) in [6, 6.07) is 5.10. The third kappa shape index (κ3) is 4.29. The molecule has 134 valence electrons. The number of hydrogen-bond donors (Lipinski definition) is 1. The van der Waals surface area contributed by atoms with Crippen LogP contribution < -0.4 is 5.73 Å². The van der Waals surface area contributed by atoms with Crippen molar-refractivity contribution in [3.05, 3.63) is 35.4 Å². The zero-order chi connectivity index (χ0) is 18.1. The van der Waals surface area contributed by atoms with Gasteiger partial charge in [0.15, 0.2) is 0 Å². The topological polar surface area (TPSA) is 46.3 Å². The minimum atomic E-state index is -4.34. The molecule has 1 aromatic rings. The maximum Gasteiger partial charge on any atom is 0.416 e. The first-order chi connectivity index (χ1) is 11.0. The molecule has 6 heteroatoms. The first-order valence-corrected chi connectivity index (χ1v) is 8.21. The van der Waals surface area contributed by atoms with Crippen molar-refractivity contribution in [2.45, 2.75) is 45.8 Å². The summed E-state index contributed by atoms with van der Waals surface area (Å²) in [5, 5.41) is 0. The highest BCUT2D eigenvalue weighted by Crippen LogP contribution is 2.30. The Hall–Kier alpha value is -1.56. The number of rotatable bonds is 3. The van der Waals surface area contributed by atoms with Crippen molar-refractivity contribution in [1.29, 1.82) is 0 Å². The Balaban J connectivity index is 1.99. The van der Waals surface area contributed by atoms with Crippen molar-refractivity contribution in [3.63, 3.8) is 0 Å². The van der Waals surface area contributed by atoms with E-state index in [1.165, 1.54) is 12.1 Å². The van der Waals surface area contributed by atoms with Crippen LogP contribution in [0.25, 0.3) is 0 Å². The largest absolute Gasteiger partial charge is 0.416 e. The summed E-state index contributed by atoms with van der Waals surface area (Å²) in [7, 11) is 0. The van der Waals surface area contributed by atoms with Gasteiger partial charge in [-0.2, -0.15) is 13.2 Å². The molecule has 1 heterocycles. The molecular formula is C18H25F3N2O. The first-order valence-electron chi connectivity index (χ1n) is 8.21. The number of piperidine rings is 1. The molecule has 1 aromatic carbocycles. The van der Waals surface area contributed by atoms with Gasteiger partial charge >= 0.3 is 6.18 Å². The van der Waals surface area contributed by atoms with Gasteiger partial charge in [0.2, 0.25) is 5.91 Å². The van der Waals surface area contributed by atoms with Crippen LogP contribution in [0.1, 0.15) is 38.3 Å². The molecule has 1 aliphatic heterocycles. The molecule has 1 saturated heterocycles. The van der Waals surface area contributed by atoms with Gasteiger partial charge in [-0.25, -0.2) is 0 Å². The second-order valence-corrected chi connectivity index (χ2v) is 7.44. The van der Waals surface area contributed by atoms with Gasteiger partial charge in [-0.1, -0.05) is 32.9 Å². The van der Waals surface area contributed by atoms with Crippen molar-refractivity contribution in [2.75, 3.05) is 13.1 Å². The van der Waals surface area contributed by atoms with E-state index in [0.717, 1.165) is 24.1 Å². The van der Waals surface area contributed by atoms with Crippen LogP contribution in [0.2, 0.25) is 0 Å². The second-order valence-electron chi connectivity index (χ2n) is 7.44. The quantitative estimate of drug-likeness (QED) is 0.914. The summed E-state index contributed by atoms with van der Waals surface area (Å²) in [5.74, 6) is -0.235. The molecule has 2 atom stereocenters. The predicted molar refractivity (Wildman–Crippen MR) is 87.3 cm³/mol. The molecule has 1 aliphatic rings. The van der Waals surface area contributed by atoms with Gasteiger partial charge < -0.3 is 10.6 Å². The average molecular weight is 342 g/mol. The molecule has 3 nitrogen and oxygen atoms in total. The van der Waals surface area contributed by atoms with E-state index in [1.807, 2.05) is 11.8 Å². The van der Waals surface area contributed by atoms with E-state index < -0.39 is 11.7 Å². The Morgan fingerprint density at radius 2 is 1.92 bits per heavy atom. The number of nitrogens with two attached hydrogens (primary N) is 1. The highest BCUT2D eigenvalue weighted by Gasteiger charge is 2.36. The number of amides is 1. The summed E-state index contributed by atoms with van der Waals surface area (Å²) < 4.78 is 37.8. The molecule has 2 N–H and O–H groups in total. The number of nitrogens with zero attached hydrogens (tertiary/aromatic N) is 1. The Bertz CT molecular complexity index is 581. The van der Waals surface area contributed by atoms with E-state index in [-0.39, 0.29) is 23.3 Å². The Morgan fingerprint density at radius 1 is 1.33 bits per heavy atom. The van der Waals surface area contributed by atoms with Crippen LogP contribution in [-0.4, -0.2) is 29.9 Å². The predicted octanol–water partition coefficient (Wildman–Crippen LogP) is 3.47. The van der Waals surface area contributed by atoms with Crippen LogP contribution in [-0.2, 0) is 17.4 Å². The molecule has 2 unspecified atom stereocenters. The van der Waals surface area contributed by atoms with E-state index in [4.69, 9.17) is 5.73 Å². The molecule has 1 fully saturated rings. The molecule has 0 bridgehead atoms. The SMILES string of the molecule is CC(Cc1ccc(C(F)(F)F)cc1)C(=O)N1CCC(N)C(C)(C)C1. The van der Waals surface area contributed by atoms with E-state index >= 15 is 0 Å². The van der Waals surface area contributed by atoms with E-state index in [0.29, 0.717) is 19.5 Å². The molecule has 1 amide bonds. The van der Waals surface area contributed by atoms with Gasteiger partial charge in [0.05, 0.1) is 5.56 Å². The molecule has 24 heavy (non-hydrogen) atoms. The maximum absolute atomic E-state index is 12.6. The maximum atomic E-state index is 12.6. The van der Waals surface area contributed by atoms with Crippen molar-refractivity contribution >= 4 is 5.91 Å². The molecule has 0 saturated carbocycles. The minimum Gasteiger partial charge on any atom is -0.342 e. The van der Waals surface area contributed by atoms with Crippen molar-refractivity contribution in [2.24, 2.45) is 17.1 Å². The van der Waals surface area contributed by atoms with Crippen molar-refractivity contribution in [1.82, 2.24) is 4.90 Å². The lowest BCUT2D eigenvalue weighted by molar-refractivity contribution is -0.139. The lowest BCUT2D eigenvalue weighted by atomic mass is 9.79. The number of carbonyl (C=O) groups is 1. The molecular weight excluding hydrogens is 317 g/mol. The first kappa shape index (κ1) is 18.8. The van der Waals surface area contributed by atoms with Crippen LogP contribution in [0.3, 0.4) is 0 Å². The lowest BCUT2D eigenvalue weighted by Crippen LogP contribution is -2.55. The fraction of sp³-hybridized carbons (Fsp3) is 0.611. The van der Waals surface area contributed by atoms with Crippen LogP contribution in [0.5, 0.6) is 0 Å². The van der Waals surface area contributed by atoms with Crippen molar-refractivity contribution in [3.8, 4) is 0 Å². The Labute approximate surface area is 141 Å².